The van der Waals surface area contributed by atoms with Crippen molar-refractivity contribution in [1.82, 2.24) is 9.97 Å². The number of hydrogen-bond donors (Lipinski definition) is 2. The Morgan fingerprint density at radius 2 is 2.26 bits per heavy atom. The number of amides is 1. The van der Waals surface area contributed by atoms with Crippen molar-refractivity contribution >= 4 is 22.9 Å². The molecule has 2 N–H and O–H groups in total. The Kier molecular flexibility index (Phi) is 3.50. The maximum atomic E-state index is 12.4. The number of thiophene rings is 1. The zero-order chi connectivity index (χ0) is 15.8. The van der Waals surface area contributed by atoms with Crippen LogP contribution >= 0.6 is 11.3 Å². The Hall–Kier alpha value is -2.40. The first-order chi connectivity index (χ1) is 11.2. The SMILES string of the molecule is Cc1ccc(C2CC2C(=O)Nc2cccc(-c3ncc[nH]3)c2)s1. The van der Waals surface area contributed by atoms with Crippen LogP contribution in [0.15, 0.2) is 48.8 Å². The van der Waals surface area contributed by atoms with Crippen molar-refractivity contribution in [2.45, 2.75) is 19.3 Å². The van der Waals surface area contributed by atoms with E-state index in [9.17, 15) is 4.79 Å². The first kappa shape index (κ1) is 14.2. The van der Waals surface area contributed by atoms with Crippen LogP contribution in [0.1, 0.15) is 22.1 Å². The van der Waals surface area contributed by atoms with Gasteiger partial charge in [-0.05, 0) is 37.6 Å². The third-order valence-corrected chi connectivity index (χ3v) is 5.29. The lowest BCUT2D eigenvalue weighted by atomic mass is 10.2. The predicted molar refractivity (Wildman–Crippen MR) is 92.6 cm³/mol. The number of nitrogens with zero attached hydrogens (tertiary/aromatic N) is 1. The lowest BCUT2D eigenvalue weighted by Crippen LogP contribution is -2.14. The minimum Gasteiger partial charge on any atom is -0.345 e. The van der Waals surface area contributed by atoms with Gasteiger partial charge in [-0.2, -0.15) is 0 Å². The van der Waals surface area contributed by atoms with E-state index in [-0.39, 0.29) is 11.8 Å². The van der Waals surface area contributed by atoms with E-state index in [4.69, 9.17) is 0 Å². The van der Waals surface area contributed by atoms with Crippen molar-refractivity contribution in [3.63, 3.8) is 0 Å². The molecule has 116 valence electrons. The average Bonchev–Trinajstić information content (AvgIpc) is 2.95. The first-order valence-corrected chi connectivity index (χ1v) is 8.49. The number of imidazole rings is 1. The highest BCUT2D eigenvalue weighted by molar-refractivity contribution is 7.12. The highest BCUT2D eigenvalue weighted by Crippen LogP contribution is 2.50. The zero-order valence-corrected chi connectivity index (χ0v) is 13.6. The van der Waals surface area contributed by atoms with Crippen LogP contribution in [0.2, 0.25) is 0 Å². The van der Waals surface area contributed by atoms with Crippen LogP contribution in [-0.2, 0) is 4.79 Å². The Morgan fingerprint density at radius 3 is 3.00 bits per heavy atom. The van der Waals surface area contributed by atoms with Gasteiger partial charge >= 0.3 is 0 Å². The topological polar surface area (TPSA) is 57.8 Å². The van der Waals surface area contributed by atoms with Crippen molar-refractivity contribution in [2.75, 3.05) is 5.32 Å². The number of anilines is 1. The minimum absolute atomic E-state index is 0.0975. The fraction of sp³-hybridized carbons (Fsp3) is 0.222. The predicted octanol–water partition coefficient (Wildman–Crippen LogP) is 4.19. The van der Waals surface area contributed by atoms with E-state index in [1.165, 1.54) is 9.75 Å². The largest absolute Gasteiger partial charge is 0.345 e. The smallest absolute Gasteiger partial charge is 0.228 e. The van der Waals surface area contributed by atoms with Crippen LogP contribution in [-0.4, -0.2) is 15.9 Å². The molecular weight excluding hydrogens is 306 g/mol. The third kappa shape index (κ3) is 2.92. The molecule has 1 saturated carbocycles. The normalized spacial score (nSPS) is 19.5. The number of H-pyrrole nitrogens is 1. The van der Waals surface area contributed by atoms with Gasteiger partial charge in [0.2, 0.25) is 5.91 Å². The standard InChI is InChI=1S/C18H17N3OS/c1-11-5-6-16(23-11)14-10-15(14)18(22)21-13-4-2-3-12(9-13)17-19-7-8-20-17/h2-9,14-15H,10H2,1H3,(H,19,20)(H,21,22). The van der Waals surface area contributed by atoms with Crippen LogP contribution in [0.5, 0.6) is 0 Å². The van der Waals surface area contributed by atoms with Gasteiger partial charge in [0.15, 0.2) is 0 Å². The number of carbonyl (C=O) groups is 1. The van der Waals surface area contributed by atoms with Gasteiger partial charge in [-0.1, -0.05) is 12.1 Å². The second-order valence-electron chi connectivity index (χ2n) is 5.90. The summed E-state index contributed by atoms with van der Waals surface area (Å²) in [6.07, 6.45) is 4.46. The lowest BCUT2D eigenvalue weighted by molar-refractivity contribution is -0.117. The summed E-state index contributed by atoms with van der Waals surface area (Å²) in [6.45, 7) is 2.10. The highest BCUT2D eigenvalue weighted by Gasteiger charge is 2.44. The molecule has 4 nitrogen and oxygen atoms in total. The summed E-state index contributed by atoms with van der Waals surface area (Å²) in [4.78, 5) is 22.4. The van der Waals surface area contributed by atoms with Gasteiger partial charge in [0.1, 0.15) is 5.82 Å². The Morgan fingerprint density at radius 1 is 1.35 bits per heavy atom. The third-order valence-electron chi connectivity index (χ3n) is 4.16. The summed E-state index contributed by atoms with van der Waals surface area (Å²) in [6, 6.07) is 12.0. The number of hydrogen-bond acceptors (Lipinski definition) is 3. The Bertz CT molecular complexity index is 838. The summed E-state index contributed by atoms with van der Waals surface area (Å²) in [5.41, 5.74) is 1.78. The quantitative estimate of drug-likeness (QED) is 0.756. The lowest BCUT2D eigenvalue weighted by Gasteiger charge is -2.06. The van der Waals surface area contributed by atoms with E-state index in [1.54, 1.807) is 23.7 Å². The number of aromatic amines is 1. The van der Waals surface area contributed by atoms with Crippen molar-refractivity contribution < 1.29 is 4.79 Å². The van der Waals surface area contributed by atoms with Crippen LogP contribution in [0.4, 0.5) is 5.69 Å². The summed E-state index contributed by atoms with van der Waals surface area (Å²) in [5.74, 6) is 1.40. The number of aromatic nitrogens is 2. The van der Waals surface area contributed by atoms with Crippen molar-refractivity contribution in [3.05, 3.63) is 58.5 Å². The van der Waals surface area contributed by atoms with Gasteiger partial charge in [-0.25, -0.2) is 4.98 Å². The van der Waals surface area contributed by atoms with Gasteiger partial charge in [-0.3, -0.25) is 4.79 Å². The van der Waals surface area contributed by atoms with Crippen molar-refractivity contribution in [3.8, 4) is 11.4 Å². The summed E-state index contributed by atoms with van der Waals surface area (Å²) in [5, 5.41) is 3.04. The van der Waals surface area contributed by atoms with Crippen molar-refractivity contribution in [2.24, 2.45) is 5.92 Å². The zero-order valence-electron chi connectivity index (χ0n) is 12.7. The van der Waals surface area contributed by atoms with E-state index < -0.39 is 0 Å². The molecule has 1 amide bonds. The maximum absolute atomic E-state index is 12.4. The van der Waals surface area contributed by atoms with Crippen LogP contribution in [0.3, 0.4) is 0 Å². The van der Waals surface area contributed by atoms with E-state index in [0.717, 1.165) is 23.5 Å². The molecule has 2 atom stereocenters. The van der Waals surface area contributed by atoms with E-state index in [0.29, 0.717) is 5.92 Å². The number of carbonyl (C=O) groups excluding carboxylic acids is 1. The Labute approximate surface area is 138 Å². The fourth-order valence-electron chi connectivity index (χ4n) is 2.85. The fourth-order valence-corrected chi connectivity index (χ4v) is 3.91. The average molecular weight is 323 g/mol. The molecule has 23 heavy (non-hydrogen) atoms. The summed E-state index contributed by atoms with van der Waals surface area (Å²) in [7, 11) is 0. The van der Waals surface area contributed by atoms with Gasteiger partial charge in [0.05, 0.1) is 0 Å². The summed E-state index contributed by atoms with van der Waals surface area (Å²) < 4.78 is 0. The molecular formula is C18H17N3OS. The molecule has 1 fully saturated rings. The van der Waals surface area contributed by atoms with Gasteiger partial charge in [0, 0.05) is 45.2 Å². The molecule has 0 spiro atoms. The summed E-state index contributed by atoms with van der Waals surface area (Å²) >= 11 is 1.79. The molecule has 2 unspecified atom stereocenters. The number of nitrogens with one attached hydrogen (secondary N) is 2. The molecule has 2 aromatic heterocycles. The molecule has 1 aliphatic carbocycles. The molecule has 0 saturated heterocycles. The van der Waals surface area contributed by atoms with E-state index in [2.05, 4.69) is 34.3 Å². The number of benzene rings is 1. The van der Waals surface area contributed by atoms with Crippen molar-refractivity contribution in [1.29, 1.82) is 0 Å². The van der Waals surface area contributed by atoms with Crippen LogP contribution in [0, 0.1) is 12.8 Å². The van der Waals surface area contributed by atoms with Gasteiger partial charge < -0.3 is 10.3 Å². The Balaban J connectivity index is 1.45. The van der Waals surface area contributed by atoms with Gasteiger partial charge in [-0.15, -0.1) is 11.3 Å². The number of rotatable bonds is 4. The molecule has 1 aromatic carbocycles. The van der Waals surface area contributed by atoms with E-state index in [1.807, 2.05) is 24.3 Å². The van der Waals surface area contributed by atoms with Crippen LogP contribution < -0.4 is 5.32 Å². The second kappa shape index (κ2) is 5.66. The maximum Gasteiger partial charge on any atom is 0.228 e. The van der Waals surface area contributed by atoms with Crippen LogP contribution in [0.25, 0.3) is 11.4 Å². The molecule has 0 bridgehead atoms. The molecule has 4 rings (SSSR count). The monoisotopic (exact) mass is 323 g/mol. The molecule has 1 aliphatic rings. The first-order valence-electron chi connectivity index (χ1n) is 7.68. The second-order valence-corrected chi connectivity index (χ2v) is 7.22. The molecule has 0 radical (unpaired) electrons. The number of aryl methyl sites for hydroxylation is 1. The molecule has 2 heterocycles. The minimum atomic E-state index is 0.0975. The van der Waals surface area contributed by atoms with Gasteiger partial charge in [0.25, 0.3) is 0 Å². The highest BCUT2D eigenvalue weighted by atomic mass is 32.1. The molecule has 5 heteroatoms. The van der Waals surface area contributed by atoms with E-state index >= 15 is 0 Å². The molecule has 0 aliphatic heterocycles. The molecule has 3 aromatic rings.